The fourth-order valence-corrected chi connectivity index (χ4v) is 0.734. The summed E-state index contributed by atoms with van der Waals surface area (Å²) in [4.78, 5) is 0. The van der Waals surface area contributed by atoms with Crippen LogP contribution in [0.2, 0.25) is 0 Å². The average Bonchev–Trinajstić information content (AvgIpc) is 2.34. The van der Waals surface area contributed by atoms with Crippen molar-refractivity contribution in [2.45, 2.75) is 19.5 Å². The van der Waals surface area contributed by atoms with E-state index in [1.165, 1.54) is 0 Å². The molecule has 0 aliphatic heterocycles. The van der Waals surface area contributed by atoms with Crippen LogP contribution in [0.5, 0.6) is 0 Å². The molecule has 1 unspecified atom stereocenters. The molecule has 0 fully saturated rings. The Balaban J connectivity index is 2.67. The molecule has 2 N–H and O–H groups in total. The van der Waals surface area contributed by atoms with Crippen LogP contribution in [0.1, 0.15) is 12.6 Å². The molecule has 0 saturated heterocycles. The predicted molar refractivity (Wildman–Crippen MR) is 38.4 cm³/mol. The van der Waals surface area contributed by atoms with Crippen molar-refractivity contribution in [3.05, 3.63) is 11.9 Å². The van der Waals surface area contributed by atoms with Gasteiger partial charge in [-0.3, -0.25) is 0 Å². The molecule has 11 heavy (non-hydrogen) atoms. The number of hydrogen-bond donors (Lipinski definition) is 1. The zero-order valence-corrected chi connectivity index (χ0v) is 6.23. The van der Waals surface area contributed by atoms with Crippen molar-refractivity contribution in [2.75, 3.05) is 0 Å². The maximum absolute atomic E-state index is 8.39. The summed E-state index contributed by atoms with van der Waals surface area (Å²) >= 11 is 0. The Kier molecular flexibility index (Phi) is 2.18. The Morgan fingerprint density at radius 3 is 3.09 bits per heavy atom. The van der Waals surface area contributed by atoms with Crippen molar-refractivity contribution in [1.82, 2.24) is 15.0 Å². The highest BCUT2D eigenvalue weighted by atomic mass is 15.4. The quantitative estimate of drug-likeness (QED) is 0.617. The number of aromatic nitrogens is 3. The Morgan fingerprint density at radius 2 is 2.64 bits per heavy atom. The van der Waals surface area contributed by atoms with E-state index in [0.29, 0.717) is 12.2 Å². The molecular formula is C6H9N5. The van der Waals surface area contributed by atoms with E-state index >= 15 is 0 Å². The van der Waals surface area contributed by atoms with Gasteiger partial charge in [0.25, 0.3) is 0 Å². The summed E-state index contributed by atoms with van der Waals surface area (Å²) in [5.74, 6) is 0. The summed E-state index contributed by atoms with van der Waals surface area (Å²) < 4.78 is 1.56. The summed E-state index contributed by atoms with van der Waals surface area (Å²) in [6.07, 6.45) is 1.57. The van der Waals surface area contributed by atoms with Crippen molar-refractivity contribution < 1.29 is 0 Å². The SMILES string of the molecule is CC(N)Cn1cc(C#N)nn1. The fourth-order valence-electron chi connectivity index (χ4n) is 0.734. The molecule has 0 saturated carbocycles. The number of hydrogen-bond acceptors (Lipinski definition) is 4. The molecule has 1 atom stereocenters. The van der Waals surface area contributed by atoms with Gasteiger partial charge in [0.2, 0.25) is 0 Å². The van der Waals surface area contributed by atoms with E-state index in [4.69, 9.17) is 11.0 Å². The minimum atomic E-state index is 0.0308. The van der Waals surface area contributed by atoms with Crippen molar-refractivity contribution in [2.24, 2.45) is 5.73 Å². The third-order valence-electron chi connectivity index (χ3n) is 1.13. The monoisotopic (exact) mass is 151 g/mol. The maximum Gasteiger partial charge on any atom is 0.182 e. The van der Waals surface area contributed by atoms with Gasteiger partial charge in [0.05, 0.1) is 12.7 Å². The van der Waals surface area contributed by atoms with E-state index in [1.807, 2.05) is 13.0 Å². The largest absolute Gasteiger partial charge is 0.326 e. The highest BCUT2D eigenvalue weighted by Gasteiger charge is 2.00. The van der Waals surface area contributed by atoms with Gasteiger partial charge < -0.3 is 5.73 Å². The van der Waals surface area contributed by atoms with Crippen molar-refractivity contribution in [3.63, 3.8) is 0 Å². The number of nitrogens with two attached hydrogens (primary N) is 1. The van der Waals surface area contributed by atoms with Gasteiger partial charge in [-0.05, 0) is 6.92 Å². The molecule has 5 nitrogen and oxygen atoms in total. The molecule has 0 aromatic carbocycles. The first kappa shape index (κ1) is 7.69. The van der Waals surface area contributed by atoms with Gasteiger partial charge in [0.15, 0.2) is 5.69 Å². The van der Waals surface area contributed by atoms with E-state index in [0.717, 1.165) is 0 Å². The summed E-state index contributed by atoms with van der Waals surface area (Å²) in [5.41, 5.74) is 5.83. The molecule has 0 aliphatic rings. The smallest absolute Gasteiger partial charge is 0.182 e. The first-order valence-electron chi connectivity index (χ1n) is 3.28. The van der Waals surface area contributed by atoms with Crippen molar-refractivity contribution in [1.29, 1.82) is 5.26 Å². The van der Waals surface area contributed by atoms with Crippen LogP contribution in [0.3, 0.4) is 0 Å². The van der Waals surface area contributed by atoms with Gasteiger partial charge in [0, 0.05) is 6.04 Å². The molecule has 0 amide bonds. The maximum atomic E-state index is 8.39. The van der Waals surface area contributed by atoms with Crippen LogP contribution >= 0.6 is 0 Å². The summed E-state index contributed by atoms with van der Waals surface area (Å²) in [7, 11) is 0. The van der Waals surface area contributed by atoms with E-state index in [9.17, 15) is 0 Å². The first-order valence-corrected chi connectivity index (χ1v) is 3.28. The molecule has 0 spiro atoms. The second-order valence-electron chi connectivity index (χ2n) is 2.41. The van der Waals surface area contributed by atoms with Crippen molar-refractivity contribution >= 4 is 0 Å². The molecule has 0 radical (unpaired) electrons. The molecule has 58 valence electrons. The minimum absolute atomic E-state index is 0.0308. The highest BCUT2D eigenvalue weighted by Crippen LogP contribution is 1.90. The van der Waals surface area contributed by atoms with Crippen molar-refractivity contribution in [3.8, 4) is 6.07 Å². The molecule has 0 aliphatic carbocycles. The van der Waals surface area contributed by atoms with Crippen LogP contribution < -0.4 is 5.73 Å². The molecular weight excluding hydrogens is 142 g/mol. The summed E-state index contributed by atoms with van der Waals surface area (Å²) in [6.45, 7) is 2.46. The lowest BCUT2D eigenvalue weighted by molar-refractivity contribution is 0.523. The Labute approximate surface area is 64.4 Å². The lowest BCUT2D eigenvalue weighted by Gasteiger charge is -2.01. The zero-order valence-electron chi connectivity index (χ0n) is 6.23. The van der Waals surface area contributed by atoms with Gasteiger partial charge in [-0.25, -0.2) is 4.68 Å². The van der Waals surface area contributed by atoms with Crippen LogP contribution in [0, 0.1) is 11.3 Å². The van der Waals surface area contributed by atoms with E-state index in [2.05, 4.69) is 10.3 Å². The summed E-state index contributed by atoms with van der Waals surface area (Å²) in [6, 6.07) is 1.92. The Bertz CT molecular complexity index is 269. The van der Waals surface area contributed by atoms with Gasteiger partial charge in [-0.2, -0.15) is 5.26 Å². The Hall–Kier alpha value is -1.41. The first-order chi connectivity index (χ1) is 5.22. The third-order valence-corrected chi connectivity index (χ3v) is 1.13. The number of rotatable bonds is 2. The lowest BCUT2D eigenvalue weighted by Crippen LogP contribution is -2.22. The van der Waals surface area contributed by atoms with Crippen LogP contribution in [0.4, 0.5) is 0 Å². The molecule has 1 aromatic rings. The molecule has 1 heterocycles. The summed E-state index contributed by atoms with van der Waals surface area (Å²) in [5, 5.41) is 15.7. The van der Waals surface area contributed by atoms with E-state index in [1.54, 1.807) is 10.9 Å². The van der Waals surface area contributed by atoms with Gasteiger partial charge in [-0.1, -0.05) is 5.21 Å². The fraction of sp³-hybridized carbons (Fsp3) is 0.500. The topological polar surface area (TPSA) is 80.5 Å². The van der Waals surface area contributed by atoms with Gasteiger partial charge in [-0.15, -0.1) is 5.10 Å². The molecule has 5 heteroatoms. The normalized spacial score (nSPS) is 12.5. The standard InChI is InChI=1S/C6H9N5/c1-5(8)3-11-4-6(2-7)9-10-11/h4-5H,3,8H2,1H3. The average molecular weight is 151 g/mol. The number of nitriles is 1. The molecule has 0 bridgehead atoms. The Morgan fingerprint density at radius 1 is 1.91 bits per heavy atom. The lowest BCUT2D eigenvalue weighted by atomic mass is 10.4. The highest BCUT2D eigenvalue weighted by molar-refractivity contribution is 5.13. The van der Waals surface area contributed by atoms with Crippen LogP contribution in [-0.4, -0.2) is 21.0 Å². The number of nitrogens with zero attached hydrogens (tertiary/aromatic N) is 4. The van der Waals surface area contributed by atoms with Crippen LogP contribution in [0.25, 0.3) is 0 Å². The third kappa shape index (κ3) is 2.02. The molecule has 1 rings (SSSR count). The van der Waals surface area contributed by atoms with Gasteiger partial charge in [0.1, 0.15) is 6.07 Å². The van der Waals surface area contributed by atoms with Gasteiger partial charge >= 0.3 is 0 Å². The van der Waals surface area contributed by atoms with E-state index < -0.39 is 0 Å². The van der Waals surface area contributed by atoms with E-state index in [-0.39, 0.29) is 6.04 Å². The second-order valence-corrected chi connectivity index (χ2v) is 2.41. The molecule has 1 aromatic heterocycles. The second kappa shape index (κ2) is 3.12. The minimum Gasteiger partial charge on any atom is -0.326 e. The predicted octanol–water partition coefficient (Wildman–Crippen LogP) is -0.503. The van der Waals surface area contributed by atoms with Crippen LogP contribution in [0.15, 0.2) is 6.20 Å². The zero-order chi connectivity index (χ0) is 8.27. The van der Waals surface area contributed by atoms with Crippen LogP contribution in [-0.2, 0) is 6.54 Å².